The molecular formula is C39H27NO. The van der Waals surface area contributed by atoms with Gasteiger partial charge in [-0.25, -0.2) is 0 Å². The van der Waals surface area contributed by atoms with E-state index in [4.69, 9.17) is 4.42 Å². The van der Waals surface area contributed by atoms with E-state index in [9.17, 15) is 0 Å². The quantitative estimate of drug-likeness (QED) is 0.219. The minimum absolute atomic E-state index is 0.173. The molecule has 0 N–H and O–H groups in total. The van der Waals surface area contributed by atoms with E-state index in [-0.39, 0.29) is 5.41 Å². The average molecular weight is 526 g/mol. The molecule has 2 aromatic heterocycles. The van der Waals surface area contributed by atoms with Gasteiger partial charge in [-0.15, -0.1) is 0 Å². The molecule has 0 spiro atoms. The highest BCUT2D eigenvalue weighted by Gasteiger charge is 2.40. The number of hydrogen-bond donors (Lipinski definition) is 0. The molecule has 2 heteroatoms. The zero-order chi connectivity index (χ0) is 27.3. The molecule has 0 radical (unpaired) electrons. The van der Waals surface area contributed by atoms with Gasteiger partial charge in [0.15, 0.2) is 0 Å². The molecule has 2 nitrogen and oxygen atoms in total. The summed E-state index contributed by atoms with van der Waals surface area (Å²) < 4.78 is 8.68. The highest BCUT2D eigenvalue weighted by Crippen LogP contribution is 2.56. The fraction of sp³-hybridized carbons (Fsp3) is 0.0769. The van der Waals surface area contributed by atoms with Gasteiger partial charge in [-0.1, -0.05) is 98.8 Å². The lowest BCUT2D eigenvalue weighted by atomic mass is 9.80. The molecule has 0 unspecified atom stereocenters. The van der Waals surface area contributed by atoms with Crippen molar-refractivity contribution in [1.29, 1.82) is 0 Å². The summed E-state index contributed by atoms with van der Waals surface area (Å²) in [5.41, 5.74) is 13.3. The van der Waals surface area contributed by atoms with Crippen molar-refractivity contribution in [2.24, 2.45) is 0 Å². The molecule has 41 heavy (non-hydrogen) atoms. The van der Waals surface area contributed by atoms with Crippen LogP contribution in [0.1, 0.15) is 25.0 Å². The third-order valence-corrected chi connectivity index (χ3v) is 9.16. The SMILES string of the molecule is CC1(C)c2ccccc2-c2c(-c3ccc4oc5ccccc5c4c3)cc3c4ccccc4n(-c4ccccc4)c3c21. The molecule has 0 saturated carbocycles. The Hall–Kier alpha value is -5.08. The van der Waals surface area contributed by atoms with E-state index in [0.29, 0.717) is 0 Å². The second kappa shape index (κ2) is 7.99. The Bertz CT molecular complexity index is 2330. The van der Waals surface area contributed by atoms with Crippen molar-refractivity contribution in [2.75, 3.05) is 0 Å². The molecule has 2 heterocycles. The molecule has 0 saturated heterocycles. The number of benzene rings is 6. The van der Waals surface area contributed by atoms with Crippen LogP contribution in [-0.4, -0.2) is 4.57 Å². The Labute approximate surface area is 238 Å². The van der Waals surface area contributed by atoms with Gasteiger partial charge in [-0.05, 0) is 75.8 Å². The van der Waals surface area contributed by atoms with E-state index >= 15 is 0 Å². The number of para-hydroxylation sites is 3. The van der Waals surface area contributed by atoms with Gasteiger partial charge in [0.05, 0.1) is 11.0 Å². The summed E-state index contributed by atoms with van der Waals surface area (Å²) in [5, 5.41) is 4.88. The van der Waals surface area contributed by atoms with Gasteiger partial charge in [0.2, 0.25) is 0 Å². The van der Waals surface area contributed by atoms with E-state index in [2.05, 4.69) is 140 Å². The summed E-state index contributed by atoms with van der Waals surface area (Å²) in [7, 11) is 0. The van der Waals surface area contributed by atoms with Crippen LogP contribution in [0.25, 0.3) is 71.7 Å². The molecule has 0 atom stereocenters. The zero-order valence-electron chi connectivity index (χ0n) is 23.0. The van der Waals surface area contributed by atoms with Gasteiger partial charge in [-0.3, -0.25) is 0 Å². The Kier molecular flexibility index (Phi) is 4.42. The lowest BCUT2D eigenvalue weighted by Gasteiger charge is -2.24. The van der Waals surface area contributed by atoms with Crippen LogP contribution in [0.4, 0.5) is 0 Å². The maximum absolute atomic E-state index is 6.20. The van der Waals surface area contributed by atoms with Crippen molar-refractivity contribution >= 4 is 43.7 Å². The number of hydrogen-bond acceptors (Lipinski definition) is 1. The second-order valence-corrected chi connectivity index (χ2v) is 11.7. The second-order valence-electron chi connectivity index (χ2n) is 11.7. The molecular weight excluding hydrogens is 498 g/mol. The summed E-state index contributed by atoms with van der Waals surface area (Å²) in [6.07, 6.45) is 0. The smallest absolute Gasteiger partial charge is 0.135 e. The molecule has 0 amide bonds. The normalized spacial score (nSPS) is 13.8. The topological polar surface area (TPSA) is 18.1 Å². The van der Waals surface area contributed by atoms with Crippen LogP contribution >= 0.6 is 0 Å². The van der Waals surface area contributed by atoms with Crippen LogP contribution < -0.4 is 0 Å². The first-order chi connectivity index (χ1) is 20.1. The van der Waals surface area contributed by atoms with Crippen LogP contribution in [0.3, 0.4) is 0 Å². The van der Waals surface area contributed by atoms with Crippen molar-refractivity contribution in [1.82, 2.24) is 4.57 Å². The molecule has 1 aliphatic carbocycles. The van der Waals surface area contributed by atoms with Gasteiger partial charge >= 0.3 is 0 Å². The van der Waals surface area contributed by atoms with Gasteiger partial charge < -0.3 is 8.98 Å². The first kappa shape index (κ1) is 22.7. The standard InChI is InChI=1S/C39H27NO/c1-39(2)32-17-9-6-16-28(32)36-29(24-20-21-35-30(22-24)27-15-8-11-19-34(27)41-35)23-31-26-14-7-10-18-33(26)40(38(31)37(36)39)25-12-4-3-5-13-25/h3-23H,1-2H3. The van der Waals surface area contributed by atoms with Crippen LogP contribution in [0.15, 0.2) is 132 Å². The van der Waals surface area contributed by atoms with E-state index in [1.54, 1.807) is 0 Å². The molecule has 8 aromatic rings. The Balaban J connectivity index is 1.48. The fourth-order valence-electron chi connectivity index (χ4n) is 7.36. The number of aromatic nitrogens is 1. The summed E-state index contributed by atoms with van der Waals surface area (Å²) in [4.78, 5) is 0. The summed E-state index contributed by atoms with van der Waals surface area (Å²) in [6.45, 7) is 4.78. The van der Waals surface area contributed by atoms with E-state index in [1.807, 2.05) is 6.07 Å². The Morgan fingerprint density at radius 2 is 1.27 bits per heavy atom. The third kappa shape index (κ3) is 2.97. The minimum Gasteiger partial charge on any atom is -0.456 e. The number of nitrogens with zero attached hydrogens (tertiary/aromatic N) is 1. The highest BCUT2D eigenvalue weighted by molar-refractivity contribution is 6.16. The van der Waals surface area contributed by atoms with Crippen molar-refractivity contribution < 1.29 is 4.42 Å². The van der Waals surface area contributed by atoms with Crippen molar-refractivity contribution in [2.45, 2.75) is 19.3 Å². The van der Waals surface area contributed by atoms with E-state index in [1.165, 1.54) is 60.9 Å². The van der Waals surface area contributed by atoms with Crippen LogP contribution in [0.2, 0.25) is 0 Å². The minimum atomic E-state index is -0.173. The lowest BCUT2D eigenvalue weighted by molar-refractivity contribution is 0.664. The molecule has 1 aliphatic rings. The number of rotatable bonds is 2. The van der Waals surface area contributed by atoms with Crippen LogP contribution in [0.5, 0.6) is 0 Å². The monoisotopic (exact) mass is 525 g/mol. The van der Waals surface area contributed by atoms with Gasteiger partial charge in [0.1, 0.15) is 11.2 Å². The maximum atomic E-state index is 6.20. The number of furan rings is 1. The Morgan fingerprint density at radius 1 is 0.561 bits per heavy atom. The van der Waals surface area contributed by atoms with E-state index < -0.39 is 0 Å². The van der Waals surface area contributed by atoms with Crippen LogP contribution in [-0.2, 0) is 5.41 Å². The zero-order valence-corrected chi connectivity index (χ0v) is 23.0. The van der Waals surface area contributed by atoms with Gasteiger partial charge in [-0.2, -0.15) is 0 Å². The summed E-state index contributed by atoms with van der Waals surface area (Å²) >= 11 is 0. The molecule has 0 fully saturated rings. The first-order valence-corrected chi connectivity index (χ1v) is 14.3. The number of fused-ring (bicyclic) bond motifs is 10. The molecule has 6 aromatic carbocycles. The Morgan fingerprint density at radius 3 is 2.15 bits per heavy atom. The molecule has 194 valence electrons. The largest absolute Gasteiger partial charge is 0.456 e. The first-order valence-electron chi connectivity index (χ1n) is 14.3. The molecule has 0 aliphatic heterocycles. The molecule has 0 bridgehead atoms. The van der Waals surface area contributed by atoms with Crippen molar-refractivity contribution in [3.05, 3.63) is 139 Å². The highest BCUT2D eigenvalue weighted by atomic mass is 16.3. The van der Waals surface area contributed by atoms with Gasteiger partial charge in [0, 0.05) is 32.6 Å². The average Bonchev–Trinajstić information content (AvgIpc) is 3.63. The fourth-order valence-corrected chi connectivity index (χ4v) is 7.36. The lowest BCUT2D eigenvalue weighted by Crippen LogP contribution is -2.16. The molecule has 9 rings (SSSR count). The van der Waals surface area contributed by atoms with E-state index in [0.717, 1.165) is 21.9 Å². The van der Waals surface area contributed by atoms with Gasteiger partial charge in [0.25, 0.3) is 0 Å². The summed E-state index contributed by atoms with van der Waals surface area (Å²) in [5.74, 6) is 0. The predicted molar refractivity (Wildman–Crippen MR) is 171 cm³/mol. The van der Waals surface area contributed by atoms with Crippen LogP contribution in [0, 0.1) is 0 Å². The van der Waals surface area contributed by atoms with Crippen molar-refractivity contribution in [3.63, 3.8) is 0 Å². The third-order valence-electron chi connectivity index (χ3n) is 9.16. The summed E-state index contributed by atoms with van der Waals surface area (Å²) in [6, 6.07) is 46.1. The maximum Gasteiger partial charge on any atom is 0.135 e. The van der Waals surface area contributed by atoms with Crippen molar-refractivity contribution in [3.8, 4) is 27.9 Å². The predicted octanol–water partition coefficient (Wildman–Crippen LogP) is 10.7.